The second-order valence-corrected chi connectivity index (χ2v) is 8.50. The molecule has 6 nitrogen and oxygen atoms in total. The van der Waals surface area contributed by atoms with Gasteiger partial charge in [0.2, 0.25) is 0 Å². The third-order valence-corrected chi connectivity index (χ3v) is 5.77. The van der Waals surface area contributed by atoms with Crippen molar-refractivity contribution in [3.05, 3.63) is 57.2 Å². The molecule has 1 aliphatic carbocycles. The van der Waals surface area contributed by atoms with E-state index in [0.29, 0.717) is 18.4 Å². The number of phenolic OH excluding ortho intramolecular Hbond substituents is 2. The van der Waals surface area contributed by atoms with Crippen molar-refractivity contribution >= 4 is 0 Å². The van der Waals surface area contributed by atoms with E-state index in [-0.39, 0.29) is 35.4 Å². The first-order valence-electron chi connectivity index (χ1n) is 9.69. The Morgan fingerprint density at radius 3 is 2.50 bits per heavy atom. The van der Waals surface area contributed by atoms with Gasteiger partial charge in [0.05, 0.1) is 6.61 Å². The highest BCUT2D eigenvalue weighted by Crippen LogP contribution is 2.47. The lowest BCUT2D eigenvalue weighted by Crippen LogP contribution is -2.20. The first-order chi connectivity index (χ1) is 13.0. The molecule has 0 spiro atoms. The highest BCUT2D eigenvalue weighted by atomic mass is 16.9. The fourth-order valence-corrected chi connectivity index (χ4v) is 4.06. The maximum atomic E-state index is 10.8. The average molecular weight is 389 g/mol. The lowest BCUT2D eigenvalue weighted by molar-refractivity contribution is -0.757. The molecule has 154 valence electrons. The van der Waals surface area contributed by atoms with Gasteiger partial charge in [-0.25, -0.2) is 0 Å². The van der Waals surface area contributed by atoms with Crippen molar-refractivity contribution in [2.75, 3.05) is 6.61 Å². The topological polar surface area (TPSA) is 92.8 Å². The molecule has 0 unspecified atom stereocenters. The summed E-state index contributed by atoms with van der Waals surface area (Å²) < 4.78 is 0. The molecule has 0 fully saturated rings. The number of allylic oxidation sites excluding steroid dienone is 3. The van der Waals surface area contributed by atoms with Crippen molar-refractivity contribution in [3.63, 3.8) is 0 Å². The van der Waals surface area contributed by atoms with Gasteiger partial charge in [-0.15, -0.1) is 10.1 Å². The second-order valence-electron chi connectivity index (χ2n) is 8.50. The highest BCUT2D eigenvalue weighted by molar-refractivity contribution is 5.53. The number of hydrogen-bond donors (Lipinski definition) is 2. The SMILES string of the molecule is C=C(C)[C@H]1CCC(C)=C[C@@H]1c1c(O)cc(C(C)(C)CCCO[N+](=O)[O-])cc1O. The molecule has 0 saturated carbocycles. The minimum absolute atomic E-state index is 0.0267. The van der Waals surface area contributed by atoms with Crippen LogP contribution in [0.5, 0.6) is 11.5 Å². The zero-order chi connectivity index (χ0) is 21.1. The van der Waals surface area contributed by atoms with E-state index in [4.69, 9.17) is 0 Å². The average Bonchev–Trinajstić information content (AvgIpc) is 2.57. The number of phenols is 2. The van der Waals surface area contributed by atoms with Crippen LogP contribution in [0.15, 0.2) is 35.9 Å². The summed E-state index contributed by atoms with van der Waals surface area (Å²) in [6.45, 7) is 12.1. The summed E-state index contributed by atoms with van der Waals surface area (Å²) in [5.41, 5.74) is 3.25. The summed E-state index contributed by atoms with van der Waals surface area (Å²) in [6.07, 6.45) is 5.19. The second kappa shape index (κ2) is 8.67. The zero-order valence-electron chi connectivity index (χ0n) is 17.2. The first-order valence-corrected chi connectivity index (χ1v) is 9.69. The van der Waals surface area contributed by atoms with E-state index in [0.717, 1.165) is 24.0 Å². The fourth-order valence-electron chi connectivity index (χ4n) is 4.06. The number of rotatable bonds is 8. The van der Waals surface area contributed by atoms with Crippen molar-refractivity contribution < 1.29 is 20.1 Å². The van der Waals surface area contributed by atoms with E-state index >= 15 is 0 Å². The number of benzene rings is 1. The van der Waals surface area contributed by atoms with Crippen LogP contribution in [0.4, 0.5) is 0 Å². The van der Waals surface area contributed by atoms with Gasteiger partial charge in [0.25, 0.3) is 5.09 Å². The largest absolute Gasteiger partial charge is 0.507 e. The minimum Gasteiger partial charge on any atom is -0.507 e. The lowest BCUT2D eigenvalue weighted by Gasteiger charge is -2.32. The van der Waals surface area contributed by atoms with E-state index in [1.807, 2.05) is 20.8 Å². The molecule has 0 aromatic heterocycles. The van der Waals surface area contributed by atoms with E-state index in [1.165, 1.54) is 5.57 Å². The Bertz CT molecular complexity index is 758. The first kappa shape index (κ1) is 21.8. The summed E-state index contributed by atoms with van der Waals surface area (Å²) in [7, 11) is 0. The number of nitrogens with zero attached hydrogens (tertiary/aromatic N) is 1. The Balaban J connectivity index is 2.30. The molecule has 1 aromatic carbocycles. The van der Waals surface area contributed by atoms with Crippen LogP contribution in [0.25, 0.3) is 0 Å². The molecule has 0 amide bonds. The monoisotopic (exact) mass is 389 g/mol. The van der Waals surface area contributed by atoms with Gasteiger partial charge in [-0.3, -0.25) is 0 Å². The number of hydrogen-bond acceptors (Lipinski definition) is 5. The van der Waals surface area contributed by atoms with Crippen molar-refractivity contribution in [1.29, 1.82) is 0 Å². The van der Waals surface area contributed by atoms with Crippen LogP contribution in [-0.2, 0) is 10.3 Å². The quantitative estimate of drug-likeness (QED) is 0.269. The molecule has 2 N–H and O–H groups in total. The molecule has 0 bridgehead atoms. The Morgan fingerprint density at radius 2 is 1.96 bits per heavy atom. The molecule has 2 rings (SSSR count). The van der Waals surface area contributed by atoms with Gasteiger partial charge in [0, 0.05) is 11.5 Å². The molecule has 6 heteroatoms. The van der Waals surface area contributed by atoms with Gasteiger partial charge in [0.1, 0.15) is 11.5 Å². The predicted molar refractivity (Wildman–Crippen MR) is 109 cm³/mol. The van der Waals surface area contributed by atoms with Gasteiger partial charge in [0.15, 0.2) is 0 Å². The maximum absolute atomic E-state index is 10.8. The third kappa shape index (κ3) is 5.06. The molecular formula is C22H31NO5. The molecule has 0 radical (unpaired) electrons. The summed E-state index contributed by atoms with van der Waals surface area (Å²) in [5.74, 6) is 0.231. The van der Waals surface area contributed by atoms with Crippen molar-refractivity contribution in [3.8, 4) is 11.5 Å². The van der Waals surface area contributed by atoms with Crippen LogP contribution in [0, 0.1) is 16.0 Å². The van der Waals surface area contributed by atoms with Crippen LogP contribution >= 0.6 is 0 Å². The van der Waals surface area contributed by atoms with E-state index in [1.54, 1.807) is 12.1 Å². The van der Waals surface area contributed by atoms with Crippen LogP contribution < -0.4 is 0 Å². The fraction of sp³-hybridized carbons (Fsp3) is 0.545. The molecule has 0 aliphatic heterocycles. The standard InChI is InChI=1S/C22H31NO5/c1-14(2)17-8-7-15(3)11-18(17)21-19(24)12-16(13-20(21)25)22(4,5)9-6-10-28-23(26)27/h11-13,17-18,24-25H,1,6-10H2,2-5H3/t17-,18+/m1/s1. The van der Waals surface area contributed by atoms with E-state index in [2.05, 4.69) is 24.4 Å². The Hall–Kier alpha value is -2.50. The normalized spacial score (nSPS) is 19.8. The molecule has 1 aromatic rings. The summed E-state index contributed by atoms with van der Waals surface area (Å²) in [4.78, 5) is 14.6. The predicted octanol–water partition coefficient (Wildman–Crippen LogP) is 5.38. The Labute approximate surface area is 166 Å². The van der Waals surface area contributed by atoms with Gasteiger partial charge in [-0.05, 0) is 68.6 Å². The van der Waals surface area contributed by atoms with Gasteiger partial charge in [-0.1, -0.05) is 37.6 Å². The smallest absolute Gasteiger partial charge is 0.294 e. The maximum Gasteiger partial charge on any atom is 0.294 e. The van der Waals surface area contributed by atoms with Crippen LogP contribution in [0.2, 0.25) is 0 Å². The van der Waals surface area contributed by atoms with Gasteiger partial charge >= 0.3 is 0 Å². The molecular weight excluding hydrogens is 358 g/mol. The van der Waals surface area contributed by atoms with Gasteiger partial charge in [-0.2, -0.15) is 0 Å². The molecule has 2 atom stereocenters. The minimum atomic E-state index is -0.795. The van der Waals surface area contributed by atoms with Crippen molar-refractivity contribution in [1.82, 2.24) is 0 Å². The summed E-state index contributed by atoms with van der Waals surface area (Å²) >= 11 is 0. The molecule has 1 aliphatic rings. The highest BCUT2D eigenvalue weighted by Gasteiger charge is 2.31. The van der Waals surface area contributed by atoms with E-state index < -0.39 is 5.09 Å². The summed E-state index contributed by atoms with van der Waals surface area (Å²) in [6, 6.07) is 3.41. The van der Waals surface area contributed by atoms with Crippen LogP contribution in [-0.4, -0.2) is 21.9 Å². The zero-order valence-corrected chi connectivity index (χ0v) is 17.2. The summed E-state index contributed by atoms with van der Waals surface area (Å²) in [5, 5.41) is 31.1. The van der Waals surface area contributed by atoms with Crippen molar-refractivity contribution in [2.24, 2.45) is 5.92 Å². The van der Waals surface area contributed by atoms with Crippen LogP contribution in [0.1, 0.15) is 70.4 Å². The Kier molecular flexibility index (Phi) is 6.75. The molecule has 0 saturated heterocycles. The van der Waals surface area contributed by atoms with E-state index in [9.17, 15) is 20.3 Å². The lowest BCUT2D eigenvalue weighted by atomic mass is 9.72. The molecule has 28 heavy (non-hydrogen) atoms. The molecule has 0 heterocycles. The number of aromatic hydroxyl groups is 2. The van der Waals surface area contributed by atoms with Crippen LogP contribution in [0.3, 0.4) is 0 Å². The van der Waals surface area contributed by atoms with Crippen molar-refractivity contribution in [2.45, 2.75) is 64.7 Å². The third-order valence-electron chi connectivity index (χ3n) is 5.77. The van der Waals surface area contributed by atoms with Gasteiger partial charge < -0.3 is 15.1 Å². The Morgan fingerprint density at radius 1 is 1.36 bits per heavy atom.